The molecular formula is C12H15F4N. The Balaban J connectivity index is 2.35. The maximum absolute atomic E-state index is 13.2. The molecule has 2 N–H and O–H groups in total. The third-order valence-corrected chi connectivity index (χ3v) is 2.48. The Morgan fingerprint density at radius 1 is 1.18 bits per heavy atom. The Kier molecular flexibility index (Phi) is 4.93. The Labute approximate surface area is 97.6 Å². The molecular weight excluding hydrogens is 234 g/mol. The number of hydrogen-bond acceptors (Lipinski definition) is 1. The van der Waals surface area contributed by atoms with Crippen LogP contribution in [0.15, 0.2) is 24.3 Å². The van der Waals surface area contributed by atoms with Gasteiger partial charge in [-0.15, -0.1) is 0 Å². The van der Waals surface area contributed by atoms with Gasteiger partial charge in [0.25, 0.3) is 0 Å². The van der Waals surface area contributed by atoms with Gasteiger partial charge in [-0.2, -0.15) is 13.2 Å². The van der Waals surface area contributed by atoms with Crippen molar-refractivity contribution in [2.24, 2.45) is 5.73 Å². The Hall–Kier alpha value is -1.10. The van der Waals surface area contributed by atoms with Crippen LogP contribution in [-0.4, -0.2) is 12.2 Å². The fourth-order valence-electron chi connectivity index (χ4n) is 1.61. The van der Waals surface area contributed by atoms with Crippen LogP contribution in [0, 0.1) is 5.82 Å². The van der Waals surface area contributed by atoms with E-state index in [-0.39, 0.29) is 25.1 Å². The van der Waals surface area contributed by atoms with E-state index in [9.17, 15) is 17.6 Å². The summed E-state index contributed by atoms with van der Waals surface area (Å²) in [5, 5.41) is 0. The summed E-state index contributed by atoms with van der Waals surface area (Å²) >= 11 is 0. The highest BCUT2D eigenvalue weighted by atomic mass is 19.4. The fourth-order valence-corrected chi connectivity index (χ4v) is 1.61. The Bertz CT molecular complexity index is 349. The minimum atomic E-state index is -4.14. The highest BCUT2D eigenvalue weighted by Crippen LogP contribution is 2.23. The number of rotatable bonds is 5. The van der Waals surface area contributed by atoms with Crippen molar-refractivity contribution in [2.45, 2.75) is 37.9 Å². The second-order valence-corrected chi connectivity index (χ2v) is 4.06. The molecule has 0 saturated heterocycles. The average Bonchev–Trinajstić information content (AvgIpc) is 2.19. The van der Waals surface area contributed by atoms with Gasteiger partial charge in [0.1, 0.15) is 5.82 Å². The van der Waals surface area contributed by atoms with Crippen molar-refractivity contribution in [3.8, 4) is 0 Å². The lowest BCUT2D eigenvalue weighted by Gasteiger charge is -2.13. The van der Waals surface area contributed by atoms with E-state index >= 15 is 0 Å². The van der Waals surface area contributed by atoms with E-state index in [4.69, 9.17) is 5.73 Å². The first kappa shape index (κ1) is 14.0. The first-order chi connectivity index (χ1) is 7.88. The zero-order valence-corrected chi connectivity index (χ0v) is 9.30. The van der Waals surface area contributed by atoms with Gasteiger partial charge in [-0.25, -0.2) is 4.39 Å². The van der Waals surface area contributed by atoms with Gasteiger partial charge >= 0.3 is 6.18 Å². The van der Waals surface area contributed by atoms with Gasteiger partial charge in [-0.1, -0.05) is 18.2 Å². The molecule has 1 atom stereocenters. The number of benzene rings is 1. The van der Waals surface area contributed by atoms with Crippen molar-refractivity contribution in [1.82, 2.24) is 0 Å². The minimum absolute atomic E-state index is 0.0148. The van der Waals surface area contributed by atoms with E-state index < -0.39 is 18.6 Å². The van der Waals surface area contributed by atoms with Crippen molar-refractivity contribution in [1.29, 1.82) is 0 Å². The van der Waals surface area contributed by atoms with Crippen molar-refractivity contribution in [3.63, 3.8) is 0 Å². The summed E-state index contributed by atoms with van der Waals surface area (Å²) in [5.74, 6) is -0.362. The molecule has 0 fully saturated rings. The first-order valence-electron chi connectivity index (χ1n) is 5.44. The topological polar surface area (TPSA) is 26.0 Å². The summed E-state index contributed by atoms with van der Waals surface area (Å²) in [6.07, 6.45) is -4.48. The normalized spacial score (nSPS) is 13.7. The van der Waals surface area contributed by atoms with Crippen LogP contribution >= 0.6 is 0 Å². The Morgan fingerprint density at radius 3 is 2.41 bits per heavy atom. The summed E-state index contributed by atoms with van der Waals surface area (Å²) in [4.78, 5) is 0. The van der Waals surface area contributed by atoms with Crippen LogP contribution in [0.25, 0.3) is 0 Å². The predicted octanol–water partition coefficient (Wildman–Crippen LogP) is 3.43. The Morgan fingerprint density at radius 2 is 1.82 bits per heavy atom. The van der Waals surface area contributed by atoms with Crippen molar-refractivity contribution >= 4 is 0 Å². The molecule has 0 aliphatic heterocycles. The van der Waals surface area contributed by atoms with Gasteiger partial charge in [0.15, 0.2) is 0 Å². The quantitative estimate of drug-likeness (QED) is 0.795. The van der Waals surface area contributed by atoms with E-state index in [1.54, 1.807) is 18.2 Å². The standard InChI is InChI=1S/C12H15F4N/c13-11-6-2-1-4-9(11)8-10(17)5-3-7-12(14,15)16/h1-2,4,6,10H,3,5,7-8,17H2. The largest absolute Gasteiger partial charge is 0.389 e. The third kappa shape index (κ3) is 5.68. The monoisotopic (exact) mass is 249 g/mol. The molecule has 0 bridgehead atoms. The maximum atomic E-state index is 13.2. The lowest BCUT2D eigenvalue weighted by Crippen LogP contribution is -2.24. The SMILES string of the molecule is NC(CCCC(F)(F)F)Cc1ccccc1F. The number of hydrogen-bond donors (Lipinski definition) is 1. The molecule has 0 heterocycles. The highest BCUT2D eigenvalue weighted by molar-refractivity contribution is 5.18. The van der Waals surface area contributed by atoms with Crippen LogP contribution < -0.4 is 5.73 Å². The smallest absolute Gasteiger partial charge is 0.327 e. The molecule has 5 heteroatoms. The van der Waals surface area contributed by atoms with E-state index in [2.05, 4.69) is 0 Å². The lowest BCUT2D eigenvalue weighted by atomic mass is 10.0. The molecule has 0 amide bonds. The van der Waals surface area contributed by atoms with Gasteiger partial charge < -0.3 is 5.73 Å². The second-order valence-electron chi connectivity index (χ2n) is 4.06. The van der Waals surface area contributed by atoms with Gasteiger partial charge in [-0.05, 0) is 30.9 Å². The van der Waals surface area contributed by atoms with Crippen LogP contribution in [0.1, 0.15) is 24.8 Å². The van der Waals surface area contributed by atoms with Gasteiger partial charge in [0.2, 0.25) is 0 Å². The molecule has 0 aromatic heterocycles. The van der Waals surface area contributed by atoms with Crippen LogP contribution in [0.4, 0.5) is 17.6 Å². The molecule has 0 radical (unpaired) electrons. The van der Waals surface area contributed by atoms with E-state index in [0.29, 0.717) is 5.56 Å². The second kappa shape index (κ2) is 6.00. The summed E-state index contributed by atoms with van der Waals surface area (Å²) in [6, 6.07) is 5.72. The van der Waals surface area contributed by atoms with Crippen molar-refractivity contribution in [3.05, 3.63) is 35.6 Å². The number of alkyl halides is 3. The van der Waals surface area contributed by atoms with E-state index in [0.717, 1.165) is 0 Å². The summed E-state index contributed by atoms with van der Waals surface area (Å²) in [5.41, 5.74) is 6.12. The molecule has 0 spiro atoms. The van der Waals surface area contributed by atoms with E-state index in [1.807, 2.05) is 0 Å². The van der Waals surface area contributed by atoms with Crippen LogP contribution in [0.2, 0.25) is 0 Å². The summed E-state index contributed by atoms with van der Waals surface area (Å²) < 4.78 is 48.9. The lowest BCUT2D eigenvalue weighted by molar-refractivity contribution is -0.135. The summed E-state index contributed by atoms with van der Waals surface area (Å²) in [6.45, 7) is 0. The molecule has 96 valence electrons. The third-order valence-electron chi connectivity index (χ3n) is 2.48. The molecule has 17 heavy (non-hydrogen) atoms. The predicted molar refractivity (Wildman–Crippen MR) is 58.0 cm³/mol. The van der Waals surface area contributed by atoms with Crippen molar-refractivity contribution in [2.75, 3.05) is 0 Å². The molecule has 0 aliphatic rings. The molecule has 1 aromatic carbocycles. The number of halogens is 4. The molecule has 1 rings (SSSR count). The fraction of sp³-hybridized carbons (Fsp3) is 0.500. The van der Waals surface area contributed by atoms with Gasteiger partial charge in [0, 0.05) is 12.5 Å². The van der Waals surface area contributed by atoms with Crippen LogP contribution in [-0.2, 0) is 6.42 Å². The highest BCUT2D eigenvalue weighted by Gasteiger charge is 2.26. The number of nitrogens with two attached hydrogens (primary N) is 1. The minimum Gasteiger partial charge on any atom is -0.327 e. The first-order valence-corrected chi connectivity index (χ1v) is 5.44. The van der Waals surface area contributed by atoms with Crippen LogP contribution in [0.3, 0.4) is 0 Å². The van der Waals surface area contributed by atoms with Crippen LogP contribution in [0.5, 0.6) is 0 Å². The molecule has 1 unspecified atom stereocenters. The summed E-state index contributed by atoms with van der Waals surface area (Å²) in [7, 11) is 0. The van der Waals surface area contributed by atoms with Gasteiger partial charge in [-0.3, -0.25) is 0 Å². The molecule has 0 saturated carbocycles. The zero-order valence-electron chi connectivity index (χ0n) is 9.30. The van der Waals surface area contributed by atoms with E-state index in [1.165, 1.54) is 6.07 Å². The molecule has 0 aliphatic carbocycles. The van der Waals surface area contributed by atoms with Crippen molar-refractivity contribution < 1.29 is 17.6 Å². The molecule has 1 aromatic rings. The molecule has 1 nitrogen and oxygen atoms in total. The maximum Gasteiger partial charge on any atom is 0.389 e. The zero-order chi connectivity index (χ0) is 12.9. The average molecular weight is 249 g/mol. The van der Waals surface area contributed by atoms with Gasteiger partial charge in [0.05, 0.1) is 0 Å².